The highest BCUT2D eigenvalue weighted by Gasteiger charge is 2.18. The molecular formula is C14H24N6O. The van der Waals surface area contributed by atoms with Gasteiger partial charge in [0.25, 0.3) is 5.91 Å². The molecular weight excluding hydrogens is 268 g/mol. The molecule has 1 atom stereocenters. The lowest BCUT2D eigenvalue weighted by atomic mass is 10.1. The molecule has 0 spiro atoms. The van der Waals surface area contributed by atoms with Gasteiger partial charge in [0, 0.05) is 38.8 Å². The van der Waals surface area contributed by atoms with Crippen molar-refractivity contribution in [1.82, 2.24) is 19.8 Å². The first-order valence-corrected chi connectivity index (χ1v) is 7.34. The summed E-state index contributed by atoms with van der Waals surface area (Å²) in [5.41, 5.74) is 5.38. The normalized spacial score (nSPS) is 18.4. The number of likely N-dealkylation sites (N-methyl/N-ethyl adjacent to an activating group) is 1. The molecule has 1 aliphatic heterocycles. The van der Waals surface area contributed by atoms with Crippen LogP contribution in [0.5, 0.6) is 0 Å². The van der Waals surface area contributed by atoms with Gasteiger partial charge in [0.05, 0.1) is 12.4 Å². The van der Waals surface area contributed by atoms with Crippen LogP contribution >= 0.6 is 0 Å². The summed E-state index contributed by atoms with van der Waals surface area (Å²) in [4.78, 5) is 24.0. The average Bonchev–Trinajstić information content (AvgIpc) is 2.48. The van der Waals surface area contributed by atoms with E-state index in [1.54, 1.807) is 6.20 Å². The Morgan fingerprint density at radius 1 is 1.38 bits per heavy atom. The number of anilines is 1. The molecule has 7 nitrogen and oxygen atoms in total. The Labute approximate surface area is 125 Å². The molecule has 0 aliphatic carbocycles. The number of nitrogens with zero attached hydrogens (tertiary/aromatic N) is 4. The highest BCUT2D eigenvalue weighted by molar-refractivity contribution is 5.90. The quantitative estimate of drug-likeness (QED) is 0.768. The van der Waals surface area contributed by atoms with Gasteiger partial charge in [-0.05, 0) is 20.4 Å². The Balaban J connectivity index is 1.76. The molecule has 1 unspecified atom stereocenters. The van der Waals surface area contributed by atoms with Gasteiger partial charge in [-0.15, -0.1) is 0 Å². The van der Waals surface area contributed by atoms with E-state index in [0.717, 1.165) is 39.1 Å². The lowest BCUT2D eigenvalue weighted by molar-refractivity contribution is 0.0995. The van der Waals surface area contributed by atoms with Crippen LogP contribution < -0.4 is 11.1 Å². The van der Waals surface area contributed by atoms with Crippen molar-refractivity contribution in [2.24, 2.45) is 5.73 Å². The Bertz CT molecular complexity index is 472. The number of hydrogen-bond acceptors (Lipinski definition) is 6. The third-order valence-corrected chi connectivity index (χ3v) is 3.92. The minimum Gasteiger partial charge on any atom is -0.369 e. The summed E-state index contributed by atoms with van der Waals surface area (Å²) in [6, 6.07) is 0.526. The van der Waals surface area contributed by atoms with E-state index in [2.05, 4.69) is 39.1 Å². The number of piperazine rings is 1. The Hall–Kier alpha value is -1.73. The summed E-state index contributed by atoms with van der Waals surface area (Å²) >= 11 is 0. The second kappa shape index (κ2) is 7.33. The van der Waals surface area contributed by atoms with Crippen LogP contribution in [-0.2, 0) is 0 Å². The van der Waals surface area contributed by atoms with Crippen molar-refractivity contribution < 1.29 is 4.79 Å². The second-order valence-electron chi connectivity index (χ2n) is 5.56. The van der Waals surface area contributed by atoms with E-state index in [4.69, 9.17) is 5.73 Å². The molecule has 7 heteroatoms. The maximum atomic E-state index is 11.0. The smallest absolute Gasteiger partial charge is 0.268 e. The number of rotatable bonds is 6. The van der Waals surface area contributed by atoms with Gasteiger partial charge in [-0.2, -0.15) is 0 Å². The van der Waals surface area contributed by atoms with E-state index in [1.807, 2.05) is 0 Å². The van der Waals surface area contributed by atoms with Crippen molar-refractivity contribution >= 4 is 11.7 Å². The fraction of sp³-hybridized carbons (Fsp3) is 0.643. The molecule has 1 amide bonds. The van der Waals surface area contributed by atoms with Crippen LogP contribution in [0.1, 0.15) is 23.8 Å². The fourth-order valence-corrected chi connectivity index (χ4v) is 2.42. The van der Waals surface area contributed by atoms with Gasteiger partial charge in [0.1, 0.15) is 11.5 Å². The van der Waals surface area contributed by atoms with Crippen LogP contribution in [0.4, 0.5) is 5.82 Å². The van der Waals surface area contributed by atoms with Crippen LogP contribution in [0.25, 0.3) is 0 Å². The van der Waals surface area contributed by atoms with Crippen LogP contribution in [0, 0.1) is 0 Å². The van der Waals surface area contributed by atoms with Crippen LogP contribution in [0.15, 0.2) is 12.4 Å². The van der Waals surface area contributed by atoms with Gasteiger partial charge >= 0.3 is 0 Å². The first kappa shape index (κ1) is 15.7. The molecule has 0 bridgehead atoms. The molecule has 116 valence electrons. The predicted molar refractivity (Wildman–Crippen MR) is 82.2 cm³/mol. The van der Waals surface area contributed by atoms with E-state index >= 15 is 0 Å². The minimum absolute atomic E-state index is 0.187. The summed E-state index contributed by atoms with van der Waals surface area (Å²) in [5, 5.41) is 3.20. The lowest BCUT2D eigenvalue weighted by Crippen LogP contribution is -2.48. The molecule has 1 aromatic heterocycles. The lowest BCUT2D eigenvalue weighted by Gasteiger charge is -2.36. The SMILES string of the molecule is CC(CCNc1cncc(C(N)=O)n1)N1CCN(C)CC1. The molecule has 0 saturated carbocycles. The van der Waals surface area contributed by atoms with Gasteiger partial charge in [0.2, 0.25) is 0 Å². The Morgan fingerprint density at radius 3 is 2.76 bits per heavy atom. The number of carbonyl (C=O) groups is 1. The molecule has 1 aromatic rings. The summed E-state index contributed by atoms with van der Waals surface area (Å²) in [5.74, 6) is 0.0360. The Kier molecular flexibility index (Phi) is 5.46. The zero-order chi connectivity index (χ0) is 15.2. The van der Waals surface area contributed by atoms with E-state index in [0.29, 0.717) is 11.9 Å². The van der Waals surface area contributed by atoms with Gasteiger partial charge in [-0.25, -0.2) is 4.98 Å². The fourth-order valence-electron chi connectivity index (χ4n) is 2.42. The van der Waals surface area contributed by atoms with Crippen LogP contribution in [-0.4, -0.2) is 71.5 Å². The molecule has 0 radical (unpaired) electrons. The van der Waals surface area contributed by atoms with Crippen molar-refractivity contribution in [3.63, 3.8) is 0 Å². The second-order valence-corrected chi connectivity index (χ2v) is 5.56. The number of aromatic nitrogens is 2. The van der Waals surface area contributed by atoms with Gasteiger partial charge in [-0.1, -0.05) is 0 Å². The zero-order valence-electron chi connectivity index (χ0n) is 12.7. The molecule has 0 aromatic carbocycles. The molecule has 2 rings (SSSR count). The monoisotopic (exact) mass is 292 g/mol. The number of carbonyl (C=O) groups excluding carboxylic acids is 1. The van der Waals surface area contributed by atoms with E-state index < -0.39 is 5.91 Å². The van der Waals surface area contributed by atoms with Crippen LogP contribution in [0.3, 0.4) is 0 Å². The van der Waals surface area contributed by atoms with Crippen molar-refractivity contribution in [3.8, 4) is 0 Å². The summed E-state index contributed by atoms with van der Waals surface area (Å²) in [7, 11) is 2.16. The van der Waals surface area contributed by atoms with Gasteiger partial charge in [-0.3, -0.25) is 14.7 Å². The number of amides is 1. The molecule has 1 aliphatic rings. The first-order chi connectivity index (χ1) is 10.1. The van der Waals surface area contributed by atoms with Gasteiger partial charge in [0.15, 0.2) is 0 Å². The third kappa shape index (κ3) is 4.64. The summed E-state index contributed by atoms with van der Waals surface area (Å²) in [6.45, 7) is 7.54. The molecule has 21 heavy (non-hydrogen) atoms. The zero-order valence-corrected chi connectivity index (χ0v) is 12.7. The van der Waals surface area contributed by atoms with Crippen molar-refractivity contribution in [1.29, 1.82) is 0 Å². The summed E-state index contributed by atoms with van der Waals surface area (Å²) < 4.78 is 0. The average molecular weight is 292 g/mol. The molecule has 1 fully saturated rings. The minimum atomic E-state index is -0.558. The van der Waals surface area contributed by atoms with Gasteiger partial charge < -0.3 is 16.0 Å². The largest absolute Gasteiger partial charge is 0.369 e. The topological polar surface area (TPSA) is 87.4 Å². The standard InChI is InChI=1S/C14H24N6O/c1-11(20-7-5-19(2)6-8-20)3-4-17-13-10-16-9-12(18-13)14(15)21/h9-11H,3-8H2,1-2H3,(H2,15,21)(H,17,18). The van der Waals surface area contributed by atoms with E-state index in [1.165, 1.54) is 6.20 Å². The van der Waals surface area contributed by atoms with Crippen molar-refractivity contribution in [2.75, 3.05) is 45.1 Å². The number of nitrogens with two attached hydrogens (primary N) is 1. The molecule has 1 saturated heterocycles. The highest BCUT2D eigenvalue weighted by atomic mass is 16.1. The molecule has 2 heterocycles. The first-order valence-electron chi connectivity index (χ1n) is 7.34. The summed E-state index contributed by atoms with van der Waals surface area (Å²) in [6.07, 6.45) is 4.00. The maximum absolute atomic E-state index is 11.0. The predicted octanol–water partition coefficient (Wildman–Crippen LogP) is 0.0134. The highest BCUT2D eigenvalue weighted by Crippen LogP contribution is 2.09. The molecule has 3 N–H and O–H groups in total. The van der Waals surface area contributed by atoms with E-state index in [9.17, 15) is 4.79 Å². The van der Waals surface area contributed by atoms with Crippen LogP contribution in [0.2, 0.25) is 0 Å². The Morgan fingerprint density at radius 2 is 2.10 bits per heavy atom. The van der Waals surface area contributed by atoms with E-state index in [-0.39, 0.29) is 5.69 Å². The van der Waals surface area contributed by atoms with Crippen molar-refractivity contribution in [3.05, 3.63) is 18.1 Å². The third-order valence-electron chi connectivity index (χ3n) is 3.92. The number of primary amides is 1. The number of hydrogen-bond donors (Lipinski definition) is 2. The maximum Gasteiger partial charge on any atom is 0.268 e. The van der Waals surface area contributed by atoms with Crippen molar-refractivity contribution in [2.45, 2.75) is 19.4 Å². The number of nitrogens with one attached hydrogen (secondary N) is 1.